The molecule has 5 heteroatoms. The molecule has 20 heavy (non-hydrogen) atoms. The van der Waals surface area contributed by atoms with Crippen LogP contribution in [-0.4, -0.2) is 18.4 Å². The number of nitrogens with zero attached hydrogens (tertiary/aromatic N) is 1. The van der Waals surface area contributed by atoms with Gasteiger partial charge in [-0.15, -0.1) is 0 Å². The Morgan fingerprint density at radius 1 is 1.10 bits per heavy atom. The third-order valence-electron chi connectivity index (χ3n) is 2.54. The van der Waals surface area contributed by atoms with Crippen LogP contribution in [0.25, 0.3) is 0 Å². The molecule has 0 aliphatic heterocycles. The fourth-order valence-electron chi connectivity index (χ4n) is 1.61. The van der Waals surface area contributed by atoms with E-state index in [0.717, 1.165) is 17.0 Å². The van der Waals surface area contributed by atoms with E-state index in [1.165, 1.54) is 0 Å². The van der Waals surface area contributed by atoms with Crippen LogP contribution in [0.2, 0.25) is 0 Å². The van der Waals surface area contributed by atoms with E-state index in [9.17, 15) is 0 Å². The van der Waals surface area contributed by atoms with Crippen molar-refractivity contribution in [2.75, 3.05) is 12.4 Å². The van der Waals surface area contributed by atoms with Gasteiger partial charge in [0, 0.05) is 11.3 Å². The molecule has 0 fully saturated rings. The SMILES string of the molecule is COc1ccccc1C=NNC(=S)Nc1ccccc1. The zero-order valence-corrected chi connectivity index (χ0v) is 11.9. The first-order valence-corrected chi connectivity index (χ1v) is 6.48. The quantitative estimate of drug-likeness (QED) is 0.515. The summed E-state index contributed by atoms with van der Waals surface area (Å²) in [5.41, 5.74) is 4.56. The zero-order chi connectivity index (χ0) is 14.2. The van der Waals surface area contributed by atoms with Crippen LogP contribution in [0.15, 0.2) is 59.7 Å². The molecule has 4 nitrogen and oxygen atoms in total. The molecule has 2 N–H and O–H groups in total. The molecule has 2 rings (SSSR count). The van der Waals surface area contributed by atoms with Crippen LogP contribution in [0.1, 0.15) is 5.56 Å². The van der Waals surface area contributed by atoms with E-state index in [2.05, 4.69) is 15.8 Å². The van der Waals surface area contributed by atoms with Gasteiger partial charge in [0.1, 0.15) is 5.75 Å². The molecule has 0 amide bonds. The number of hydrogen-bond donors (Lipinski definition) is 2. The van der Waals surface area contributed by atoms with Gasteiger partial charge in [-0.3, -0.25) is 5.43 Å². The van der Waals surface area contributed by atoms with Gasteiger partial charge >= 0.3 is 0 Å². The number of methoxy groups -OCH3 is 1. The maximum absolute atomic E-state index is 5.23. The van der Waals surface area contributed by atoms with Gasteiger partial charge in [0.2, 0.25) is 0 Å². The lowest BCUT2D eigenvalue weighted by Gasteiger charge is -2.06. The molecule has 0 atom stereocenters. The summed E-state index contributed by atoms with van der Waals surface area (Å²) in [6, 6.07) is 17.3. The van der Waals surface area contributed by atoms with E-state index in [0.29, 0.717) is 5.11 Å². The van der Waals surface area contributed by atoms with Crippen molar-refractivity contribution in [2.24, 2.45) is 5.10 Å². The van der Waals surface area contributed by atoms with Crippen molar-refractivity contribution in [3.63, 3.8) is 0 Å². The summed E-state index contributed by atoms with van der Waals surface area (Å²) in [6.07, 6.45) is 1.66. The second-order valence-corrected chi connectivity index (χ2v) is 4.34. The topological polar surface area (TPSA) is 45.6 Å². The molecule has 0 radical (unpaired) electrons. The van der Waals surface area contributed by atoms with Crippen LogP contribution in [0.3, 0.4) is 0 Å². The summed E-state index contributed by atoms with van der Waals surface area (Å²) in [5, 5.41) is 7.55. The van der Waals surface area contributed by atoms with Crippen LogP contribution >= 0.6 is 12.2 Å². The fourth-order valence-corrected chi connectivity index (χ4v) is 1.78. The van der Waals surface area contributed by atoms with Crippen molar-refractivity contribution in [1.82, 2.24) is 5.43 Å². The minimum absolute atomic E-state index is 0.433. The Bertz CT molecular complexity index is 599. The van der Waals surface area contributed by atoms with Crippen LogP contribution in [-0.2, 0) is 0 Å². The van der Waals surface area contributed by atoms with Crippen molar-refractivity contribution >= 4 is 29.2 Å². The lowest BCUT2D eigenvalue weighted by atomic mass is 10.2. The van der Waals surface area contributed by atoms with Crippen LogP contribution in [0.4, 0.5) is 5.69 Å². The first-order valence-electron chi connectivity index (χ1n) is 6.08. The molecule has 0 unspecified atom stereocenters. The molecule has 102 valence electrons. The van der Waals surface area contributed by atoms with Gasteiger partial charge in [0.25, 0.3) is 0 Å². The lowest BCUT2D eigenvalue weighted by Crippen LogP contribution is -2.23. The molecule has 0 aliphatic carbocycles. The predicted octanol–water partition coefficient (Wildman–Crippen LogP) is 3.02. The number of nitrogens with one attached hydrogen (secondary N) is 2. The van der Waals surface area contributed by atoms with Crippen molar-refractivity contribution in [3.05, 3.63) is 60.2 Å². The van der Waals surface area contributed by atoms with Gasteiger partial charge in [-0.1, -0.05) is 30.3 Å². The standard InChI is InChI=1S/C15H15N3OS/c1-19-14-10-6-5-7-12(14)11-16-18-15(20)17-13-8-3-2-4-9-13/h2-11H,1H3,(H2,17,18,20). The summed E-state index contributed by atoms with van der Waals surface area (Å²) in [6.45, 7) is 0. The Labute approximate surface area is 123 Å². The highest BCUT2D eigenvalue weighted by Gasteiger charge is 1.98. The Morgan fingerprint density at radius 2 is 1.80 bits per heavy atom. The summed E-state index contributed by atoms with van der Waals surface area (Å²) < 4.78 is 5.23. The van der Waals surface area contributed by atoms with Crippen LogP contribution in [0, 0.1) is 0 Å². The van der Waals surface area contributed by atoms with Gasteiger partial charge in [-0.05, 0) is 36.5 Å². The Balaban J connectivity index is 1.91. The van der Waals surface area contributed by atoms with Gasteiger partial charge < -0.3 is 10.1 Å². The van der Waals surface area contributed by atoms with E-state index < -0.39 is 0 Å². The Kier molecular flexibility index (Phi) is 5.08. The van der Waals surface area contributed by atoms with E-state index in [-0.39, 0.29) is 0 Å². The first kappa shape index (κ1) is 14.0. The summed E-state index contributed by atoms with van der Waals surface area (Å²) in [7, 11) is 1.63. The molecule has 0 bridgehead atoms. The second-order valence-electron chi connectivity index (χ2n) is 3.93. The number of para-hydroxylation sites is 2. The molecule has 0 saturated heterocycles. The lowest BCUT2D eigenvalue weighted by molar-refractivity contribution is 0.414. The molecular weight excluding hydrogens is 270 g/mol. The van der Waals surface area contributed by atoms with Gasteiger partial charge in [0.15, 0.2) is 5.11 Å². The monoisotopic (exact) mass is 285 g/mol. The highest BCUT2D eigenvalue weighted by Crippen LogP contribution is 2.14. The molecule has 0 aromatic heterocycles. The number of ether oxygens (including phenoxy) is 1. The number of benzene rings is 2. The number of anilines is 1. The third-order valence-corrected chi connectivity index (χ3v) is 2.73. The minimum Gasteiger partial charge on any atom is -0.496 e. The molecule has 2 aromatic carbocycles. The molecule has 0 saturated carbocycles. The molecular formula is C15H15N3OS. The van der Waals surface area contributed by atoms with Crippen molar-refractivity contribution < 1.29 is 4.74 Å². The highest BCUT2D eigenvalue weighted by molar-refractivity contribution is 7.80. The summed E-state index contributed by atoms with van der Waals surface area (Å²) in [4.78, 5) is 0. The average molecular weight is 285 g/mol. The van der Waals surface area contributed by atoms with E-state index >= 15 is 0 Å². The van der Waals surface area contributed by atoms with Crippen LogP contribution < -0.4 is 15.5 Å². The maximum Gasteiger partial charge on any atom is 0.191 e. The molecule has 0 aliphatic rings. The minimum atomic E-state index is 0.433. The van der Waals surface area contributed by atoms with Gasteiger partial charge in [-0.25, -0.2) is 0 Å². The largest absolute Gasteiger partial charge is 0.496 e. The normalized spacial score (nSPS) is 10.2. The van der Waals surface area contributed by atoms with Crippen molar-refractivity contribution in [3.8, 4) is 5.75 Å². The van der Waals surface area contributed by atoms with Gasteiger partial charge in [-0.2, -0.15) is 5.10 Å². The molecule has 0 heterocycles. The van der Waals surface area contributed by atoms with Crippen LogP contribution in [0.5, 0.6) is 5.75 Å². The third kappa shape index (κ3) is 4.07. The highest BCUT2D eigenvalue weighted by atomic mass is 32.1. The number of rotatable bonds is 4. The average Bonchev–Trinajstić information content (AvgIpc) is 2.49. The first-order chi connectivity index (χ1) is 9.79. The van der Waals surface area contributed by atoms with E-state index in [1.54, 1.807) is 13.3 Å². The number of hydrazone groups is 1. The summed E-state index contributed by atoms with van der Waals surface area (Å²) in [5.74, 6) is 0.764. The molecule has 0 spiro atoms. The van der Waals surface area contributed by atoms with E-state index in [1.807, 2.05) is 54.6 Å². The number of hydrogen-bond acceptors (Lipinski definition) is 3. The summed E-state index contributed by atoms with van der Waals surface area (Å²) >= 11 is 5.15. The smallest absolute Gasteiger partial charge is 0.191 e. The predicted molar refractivity (Wildman–Crippen MR) is 86.4 cm³/mol. The Morgan fingerprint density at radius 3 is 2.55 bits per heavy atom. The van der Waals surface area contributed by atoms with Crippen molar-refractivity contribution in [2.45, 2.75) is 0 Å². The fraction of sp³-hybridized carbons (Fsp3) is 0.0667. The van der Waals surface area contributed by atoms with Crippen molar-refractivity contribution in [1.29, 1.82) is 0 Å². The Hall–Kier alpha value is -2.40. The zero-order valence-electron chi connectivity index (χ0n) is 11.0. The van der Waals surface area contributed by atoms with E-state index in [4.69, 9.17) is 17.0 Å². The molecule has 2 aromatic rings. The van der Waals surface area contributed by atoms with Gasteiger partial charge in [0.05, 0.1) is 13.3 Å². The maximum atomic E-state index is 5.23. The second kappa shape index (κ2) is 7.25. The number of thiocarbonyl (C=S) groups is 1.